The molecule has 1 heterocycles. The van der Waals surface area contributed by atoms with Gasteiger partial charge >= 0.3 is 12.0 Å². The van der Waals surface area contributed by atoms with Crippen molar-refractivity contribution in [3.8, 4) is 0 Å². The third-order valence-electron chi connectivity index (χ3n) is 3.59. The normalized spacial score (nSPS) is 24.6. The van der Waals surface area contributed by atoms with Crippen LogP contribution in [0.4, 0.5) is 4.79 Å². The van der Waals surface area contributed by atoms with Crippen molar-refractivity contribution in [2.45, 2.75) is 51.8 Å². The number of hydrogen-bond acceptors (Lipinski definition) is 3. The molecule has 1 fully saturated rings. The van der Waals surface area contributed by atoms with Gasteiger partial charge in [0.1, 0.15) is 6.04 Å². The van der Waals surface area contributed by atoms with E-state index < -0.39 is 18.1 Å². The van der Waals surface area contributed by atoms with Gasteiger partial charge in [0, 0.05) is 26.1 Å². The molecule has 1 saturated heterocycles. The van der Waals surface area contributed by atoms with Crippen molar-refractivity contribution >= 4 is 12.0 Å². The molecule has 3 atom stereocenters. The van der Waals surface area contributed by atoms with E-state index in [0.717, 1.165) is 6.42 Å². The van der Waals surface area contributed by atoms with E-state index in [4.69, 9.17) is 5.11 Å². The van der Waals surface area contributed by atoms with E-state index in [1.165, 1.54) is 4.90 Å². The number of carbonyl (C=O) groups excluding carboxylic acids is 1. The van der Waals surface area contributed by atoms with Gasteiger partial charge in [-0.3, -0.25) is 0 Å². The first-order valence-corrected chi connectivity index (χ1v) is 6.68. The van der Waals surface area contributed by atoms with Gasteiger partial charge in [-0.15, -0.1) is 0 Å². The van der Waals surface area contributed by atoms with Crippen LogP contribution in [0.1, 0.15) is 33.6 Å². The second-order valence-electron chi connectivity index (χ2n) is 5.77. The average Bonchev–Trinajstić information content (AvgIpc) is 2.68. The Balaban J connectivity index is 2.72. The lowest BCUT2D eigenvalue weighted by Crippen LogP contribution is -2.49. The van der Waals surface area contributed by atoms with E-state index in [9.17, 15) is 14.7 Å². The van der Waals surface area contributed by atoms with Crippen LogP contribution < -0.4 is 0 Å². The highest BCUT2D eigenvalue weighted by Crippen LogP contribution is 2.21. The summed E-state index contributed by atoms with van der Waals surface area (Å²) in [6, 6.07) is -1.20. The van der Waals surface area contributed by atoms with Crippen molar-refractivity contribution in [3.63, 3.8) is 0 Å². The summed E-state index contributed by atoms with van der Waals surface area (Å²) in [4.78, 5) is 26.2. The van der Waals surface area contributed by atoms with Crippen LogP contribution in [0.2, 0.25) is 0 Å². The number of aliphatic hydroxyl groups excluding tert-OH is 1. The van der Waals surface area contributed by atoms with Crippen LogP contribution in [-0.2, 0) is 4.79 Å². The number of amides is 2. The summed E-state index contributed by atoms with van der Waals surface area (Å²) in [5.41, 5.74) is 0. The molecule has 1 rings (SSSR count). The summed E-state index contributed by atoms with van der Waals surface area (Å²) in [5.74, 6) is -0.598. The maximum Gasteiger partial charge on any atom is 0.326 e. The predicted octanol–water partition coefficient (Wildman–Crippen LogP) is 0.993. The minimum Gasteiger partial charge on any atom is -0.480 e. The number of carboxylic acids is 1. The molecule has 19 heavy (non-hydrogen) atoms. The number of likely N-dealkylation sites (tertiary alicyclic amines) is 1. The van der Waals surface area contributed by atoms with Crippen molar-refractivity contribution in [3.05, 3.63) is 0 Å². The number of nitrogens with zero attached hydrogens (tertiary/aromatic N) is 2. The lowest BCUT2D eigenvalue weighted by molar-refractivity contribution is -0.141. The molecule has 0 aliphatic carbocycles. The van der Waals surface area contributed by atoms with Crippen LogP contribution in [0.3, 0.4) is 0 Å². The van der Waals surface area contributed by atoms with Crippen LogP contribution in [0.5, 0.6) is 0 Å². The maximum absolute atomic E-state index is 12.3. The highest BCUT2D eigenvalue weighted by molar-refractivity contribution is 5.83. The fourth-order valence-electron chi connectivity index (χ4n) is 2.49. The zero-order valence-corrected chi connectivity index (χ0v) is 12.0. The summed E-state index contributed by atoms with van der Waals surface area (Å²) in [6.45, 7) is 6.19. The number of rotatable bonds is 4. The topological polar surface area (TPSA) is 81.1 Å². The summed E-state index contributed by atoms with van der Waals surface area (Å²) in [6.07, 6.45) is 0.211. The van der Waals surface area contributed by atoms with E-state index in [-0.39, 0.29) is 25.0 Å². The smallest absolute Gasteiger partial charge is 0.326 e. The molecule has 1 aliphatic heterocycles. The quantitative estimate of drug-likeness (QED) is 0.799. The zero-order valence-electron chi connectivity index (χ0n) is 12.0. The highest BCUT2D eigenvalue weighted by atomic mass is 16.4. The molecule has 0 bridgehead atoms. The Morgan fingerprint density at radius 1 is 1.37 bits per heavy atom. The highest BCUT2D eigenvalue weighted by Gasteiger charge is 2.40. The van der Waals surface area contributed by atoms with Gasteiger partial charge in [0.2, 0.25) is 0 Å². The SMILES string of the molecule is CC(C)CC(C)N(C)C(=O)N1CC(O)CC1C(=O)O. The number of urea groups is 1. The van der Waals surface area contributed by atoms with Crippen LogP contribution >= 0.6 is 0 Å². The molecule has 3 unspecified atom stereocenters. The average molecular weight is 272 g/mol. The molecular weight excluding hydrogens is 248 g/mol. The molecule has 1 aliphatic rings. The van der Waals surface area contributed by atoms with E-state index in [2.05, 4.69) is 13.8 Å². The third kappa shape index (κ3) is 3.83. The zero-order chi connectivity index (χ0) is 14.7. The van der Waals surface area contributed by atoms with Gasteiger partial charge in [0.05, 0.1) is 6.10 Å². The summed E-state index contributed by atoms with van der Waals surface area (Å²) < 4.78 is 0. The Bertz CT molecular complexity index is 346. The fourth-order valence-corrected chi connectivity index (χ4v) is 2.49. The number of carboxylic acid groups (broad SMARTS) is 1. The number of β-amino-alcohol motifs (C(OH)–C–C–N with tert-alkyl or cyclic N) is 1. The standard InChI is InChI=1S/C13H24N2O4/c1-8(2)5-9(3)14(4)13(19)15-7-10(16)6-11(15)12(17)18/h8-11,16H,5-7H2,1-4H3,(H,17,18). The predicted molar refractivity (Wildman–Crippen MR) is 70.8 cm³/mol. The van der Waals surface area contributed by atoms with E-state index in [0.29, 0.717) is 5.92 Å². The largest absolute Gasteiger partial charge is 0.480 e. The van der Waals surface area contributed by atoms with Gasteiger partial charge in [-0.25, -0.2) is 9.59 Å². The van der Waals surface area contributed by atoms with Crippen molar-refractivity contribution < 1.29 is 19.8 Å². The van der Waals surface area contributed by atoms with Gasteiger partial charge in [-0.05, 0) is 19.3 Å². The minimum absolute atomic E-state index is 0.0414. The molecule has 110 valence electrons. The monoisotopic (exact) mass is 272 g/mol. The van der Waals surface area contributed by atoms with Gasteiger partial charge in [-0.1, -0.05) is 13.8 Å². The van der Waals surface area contributed by atoms with Gasteiger partial charge in [0.25, 0.3) is 0 Å². The Kier molecular flexibility index (Phi) is 5.17. The Morgan fingerprint density at radius 3 is 2.42 bits per heavy atom. The molecule has 2 N–H and O–H groups in total. The van der Waals surface area contributed by atoms with Crippen molar-refractivity contribution in [1.29, 1.82) is 0 Å². The molecular formula is C13H24N2O4. The third-order valence-corrected chi connectivity index (χ3v) is 3.59. The Labute approximate surface area is 114 Å². The van der Waals surface area contributed by atoms with Crippen LogP contribution in [-0.4, -0.2) is 63.8 Å². The second-order valence-corrected chi connectivity index (χ2v) is 5.77. The number of carbonyl (C=O) groups is 2. The van der Waals surface area contributed by atoms with Gasteiger partial charge in [-0.2, -0.15) is 0 Å². The van der Waals surface area contributed by atoms with Gasteiger partial charge in [0.15, 0.2) is 0 Å². The summed E-state index contributed by atoms with van der Waals surface area (Å²) >= 11 is 0. The maximum atomic E-state index is 12.3. The van der Waals surface area contributed by atoms with E-state index >= 15 is 0 Å². The lowest BCUT2D eigenvalue weighted by atomic mass is 10.0. The molecule has 0 radical (unpaired) electrons. The van der Waals surface area contributed by atoms with Crippen molar-refractivity contribution in [2.24, 2.45) is 5.92 Å². The first kappa shape index (κ1) is 15.8. The van der Waals surface area contributed by atoms with E-state index in [1.807, 2.05) is 6.92 Å². The molecule has 6 heteroatoms. The Hall–Kier alpha value is -1.30. The lowest BCUT2D eigenvalue weighted by Gasteiger charge is -2.32. The fraction of sp³-hybridized carbons (Fsp3) is 0.846. The van der Waals surface area contributed by atoms with Crippen molar-refractivity contribution in [1.82, 2.24) is 9.80 Å². The molecule has 6 nitrogen and oxygen atoms in total. The minimum atomic E-state index is -1.06. The molecule has 0 saturated carbocycles. The van der Waals surface area contributed by atoms with Crippen LogP contribution in [0, 0.1) is 5.92 Å². The second kappa shape index (κ2) is 6.23. The summed E-state index contributed by atoms with van der Waals surface area (Å²) in [7, 11) is 1.68. The van der Waals surface area contributed by atoms with E-state index in [1.54, 1.807) is 11.9 Å². The first-order chi connectivity index (χ1) is 8.73. The first-order valence-electron chi connectivity index (χ1n) is 6.68. The Morgan fingerprint density at radius 2 is 1.95 bits per heavy atom. The van der Waals surface area contributed by atoms with Crippen LogP contribution in [0.15, 0.2) is 0 Å². The molecule has 0 aromatic rings. The molecule has 0 aromatic carbocycles. The molecule has 0 spiro atoms. The summed E-state index contributed by atoms with van der Waals surface area (Å²) in [5, 5.41) is 18.7. The molecule has 0 aromatic heterocycles. The van der Waals surface area contributed by atoms with Gasteiger partial charge < -0.3 is 20.0 Å². The van der Waals surface area contributed by atoms with Crippen molar-refractivity contribution in [2.75, 3.05) is 13.6 Å². The number of hydrogen-bond donors (Lipinski definition) is 2. The molecule has 2 amide bonds. The number of aliphatic hydroxyl groups is 1. The number of aliphatic carboxylic acids is 1. The van der Waals surface area contributed by atoms with Crippen LogP contribution in [0.25, 0.3) is 0 Å².